The van der Waals surface area contributed by atoms with Crippen LogP contribution in [0, 0.1) is 10.1 Å². The lowest BCUT2D eigenvalue weighted by atomic mass is 10.4. The molecule has 0 fully saturated rings. The van der Waals surface area contributed by atoms with Crippen molar-refractivity contribution in [3.63, 3.8) is 0 Å². The molecule has 1 aromatic heterocycles. The van der Waals surface area contributed by atoms with Gasteiger partial charge in [-0.2, -0.15) is 4.31 Å². The van der Waals surface area contributed by atoms with E-state index >= 15 is 0 Å². The monoisotopic (exact) mass is 337 g/mol. The summed E-state index contributed by atoms with van der Waals surface area (Å²) in [5.74, 6) is 0. The molecule has 0 saturated carbocycles. The summed E-state index contributed by atoms with van der Waals surface area (Å²) in [6.45, 7) is 3.81. The maximum Gasteiger partial charge on any atom is 0.304 e. The SMILES string of the molecule is CCCNc1sc(S(=O)(=O)N(C)CC(C)O)cc1[N+](=O)[O-]. The van der Waals surface area contributed by atoms with Gasteiger partial charge in [-0.3, -0.25) is 10.1 Å². The van der Waals surface area contributed by atoms with Gasteiger partial charge >= 0.3 is 5.69 Å². The largest absolute Gasteiger partial charge is 0.392 e. The Morgan fingerprint density at radius 3 is 2.67 bits per heavy atom. The van der Waals surface area contributed by atoms with Crippen LogP contribution in [0.1, 0.15) is 20.3 Å². The van der Waals surface area contributed by atoms with Crippen LogP contribution < -0.4 is 5.32 Å². The van der Waals surface area contributed by atoms with Gasteiger partial charge in [-0.15, -0.1) is 0 Å². The van der Waals surface area contributed by atoms with E-state index in [1.165, 1.54) is 14.0 Å². The molecule has 0 amide bonds. The summed E-state index contributed by atoms with van der Waals surface area (Å²) in [6.07, 6.45) is -0.0589. The number of hydrogen-bond acceptors (Lipinski definition) is 7. The molecule has 0 spiro atoms. The Hall–Kier alpha value is -1.23. The Morgan fingerprint density at radius 1 is 1.57 bits per heavy atom. The fourth-order valence-corrected chi connectivity index (χ4v) is 4.43. The molecule has 1 unspecified atom stereocenters. The summed E-state index contributed by atoms with van der Waals surface area (Å²) >= 11 is 0.826. The van der Waals surface area contributed by atoms with Gasteiger partial charge in [-0.25, -0.2) is 8.42 Å². The molecule has 0 radical (unpaired) electrons. The van der Waals surface area contributed by atoms with E-state index in [1.54, 1.807) is 0 Å². The van der Waals surface area contributed by atoms with E-state index in [-0.39, 0.29) is 21.4 Å². The molecule has 0 aliphatic heterocycles. The Bertz CT molecular complexity index is 597. The van der Waals surface area contributed by atoms with E-state index < -0.39 is 21.1 Å². The third kappa shape index (κ3) is 4.37. The summed E-state index contributed by atoms with van der Waals surface area (Å²) in [5, 5.41) is 23.4. The molecule has 0 aliphatic rings. The summed E-state index contributed by atoms with van der Waals surface area (Å²) in [6, 6.07) is 1.05. The molecule has 0 saturated heterocycles. The van der Waals surface area contributed by atoms with Crippen molar-refractivity contribution in [2.45, 2.75) is 30.6 Å². The molecule has 0 bridgehead atoms. The maximum absolute atomic E-state index is 12.3. The second-order valence-electron chi connectivity index (χ2n) is 4.60. The number of aliphatic hydroxyl groups excluding tert-OH is 1. The van der Waals surface area contributed by atoms with Crippen LogP contribution in [0.4, 0.5) is 10.7 Å². The molecule has 120 valence electrons. The highest BCUT2D eigenvalue weighted by molar-refractivity contribution is 7.91. The number of rotatable bonds is 8. The summed E-state index contributed by atoms with van der Waals surface area (Å²) in [4.78, 5) is 10.4. The van der Waals surface area contributed by atoms with Gasteiger partial charge in [0.15, 0.2) is 5.00 Å². The number of sulfonamides is 1. The number of nitrogens with one attached hydrogen (secondary N) is 1. The van der Waals surface area contributed by atoms with Gasteiger partial charge in [0.25, 0.3) is 10.0 Å². The van der Waals surface area contributed by atoms with Crippen LogP contribution in [0.3, 0.4) is 0 Å². The lowest BCUT2D eigenvalue weighted by Gasteiger charge is -2.17. The normalized spacial score (nSPS) is 13.4. The molecule has 1 heterocycles. The first-order chi connectivity index (χ1) is 9.70. The first kappa shape index (κ1) is 17.8. The van der Waals surface area contributed by atoms with Crippen molar-refractivity contribution in [2.24, 2.45) is 0 Å². The van der Waals surface area contributed by atoms with Gasteiger partial charge in [0.1, 0.15) is 4.21 Å². The maximum atomic E-state index is 12.3. The highest BCUT2D eigenvalue weighted by atomic mass is 32.2. The molecule has 21 heavy (non-hydrogen) atoms. The van der Waals surface area contributed by atoms with Crippen LogP contribution in [0.15, 0.2) is 10.3 Å². The minimum atomic E-state index is -3.85. The minimum Gasteiger partial charge on any atom is -0.392 e. The number of aliphatic hydroxyl groups is 1. The first-order valence-corrected chi connectivity index (χ1v) is 8.62. The quantitative estimate of drug-likeness (QED) is 0.549. The third-order valence-electron chi connectivity index (χ3n) is 2.61. The highest BCUT2D eigenvalue weighted by Gasteiger charge is 2.29. The number of anilines is 1. The Morgan fingerprint density at radius 2 is 2.19 bits per heavy atom. The van der Waals surface area contributed by atoms with E-state index in [1.807, 2.05) is 6.92 Å². The van der Waals surface area contributed by atoms with E-state index in [0.29, 0.717) is 6.54 Å². The molecular weight excluding hydrogens is 318 g/mol. The van der Waals surface area contributed by atoms with E-state index in [0.717, 1.165) is 28.1 Å². The number of nitro groups is 1. The van der Waals surface area contributed by atoms with Crippen molar-refractivity contribution in [3.8, 4) is 0 Å². The van der Waals surface area contributed by atoms with Gasteiger partial charge in [-0.05, 0) is 13.3 Å². The number of thiophene rings is 1. The first-order valence-electron chi connectivity index (χ1n) is 6.36. The lowest BCUT2D eigenvalue weighted by Crippen LogP contribution is -2.32. The van der Waals surface area contributed by atoms with Crippen LogP contribution in [0.5, 0.6) is 0 Å². The lowest BCUT2D eigenvalue weighted by molar-refractivity contribution is -0.383. The van der Waals surface area contributed by atoms with Gasteiger partial charge in [0.05, 0.1) is 11.0 Å². The molecule has 1 rings (SSSR count). The zero-order valence-electron chi connectivity index (χ0n) is 12.1. The van der Waals surface area contributed by atoms with Crippen LogP contribution in [-0.4, -0.2) is 49.0 Å². The molecule has 10 heteroatoms. The van der Waals surface area contributed by atoms with E-state index in [9.17, 15) is 23.6 Å². The van der Waals surface area contributed by atoms with Crippen LogP contribution >= 0.6 is 11.3 Å². The molecule has 1 atom stereocenters. The van der Waals surface area contributed by atoms with Crippen LogP contribution in [-0.2, 0) is 10.0 Å². The van der Waals surface area contributed by atoms with E-state index in [2.05, 4.69) is 5.32 Å². The molecule has 2 N–H and O–H groups in total. The Balaban J connectivity index is 3.15. The van der Waals surface area contributed by atoms with Gasteiger partial charge in [0, 0.05) is 26.2 Å². The molecule has 0 aromatic carbocycles. The fraction of sp³-hybridized carbons (Fsp3) is 0.636. The number of hydrogen-bond donors (Lipinski definition) is 2. The van der Waals surface area contributed by atoms with Crippen molar-refractivity contribution in [1.29, 1.82) is 0 Å². The van der Waals surface area contributed by atoms with Crippen LogP contribution in [0.25, 0.3) is 0 Å². The smallest absolute Gasteiger partial charge is 0.304 e. The van der Waals surface area contributed by atoms with Crippen molar-refractivity contribution < 1.29 is 18.4 Å². The summed E-state index contributed by atoms with van der Waals surface area (Å²) in [7, 11) is -2.52. The molecule has 0 aliphatic carbocycles. The third-order valence-corrected chi connectivity index (χ3v) is 5.96. The van der Waals surface area contributed by atoms with Gasteiger partial charge < -0.3 is 10.4 Å². The summed E-state index contributed by atoms with van der Waals surface area (Å²) in [5.41, 5.74) is -0.252. The second-order valence-corrected chi connectivity index (χ2v) is 7.92. The van der Waals surface area contributed by atoms with Crippen molar-refractivity contribution in [2.75, 3.05) is 25.5 Å². The zero-order valence-corrected chi connectivity index (χ0v) is 13.7. The predicted molar refractivity (Wildman–Crippen MR) is 81.3 cm³/mol. The molecule has 8 nitrogen and oxygen atoms in total. The highest BCUT2D eigenvalue weighted by Crippen LogP contribution is 2.38. The molecule has 1 aromatic rings. The van der Waals surface area contributed by atoms with E-state index in [4.69, 9.17) is 0 Å². The number of nitrogens with zero attached hydrogens (tertiary/aromatic N) is 2. The topological polar surface area (TPSA) is 113 Å². The van der Waals surface area contributed by atoms with Crippen molar-refractivity contribution in [1.82, 2.24) is 4.31 Å². The van der Waals surface area contributed by atoms with Gasteiger partial charge in [0.2, 0.25) is 0 Å². The average molecular weight is 337 g/mol. The standard InChI is InChI=1S/C11H19N3O5S2/c1-4-5-12-11-9(14(16)17)6-10(20-11)21(18,19)13(3)7-8(2)15/h6,8,12,15H,4-5,7H2,1-3H3. The van der Waals surface area contributed by atoms with Crippen molar-refractivity contribution in [3.05, 3.63) is 16.2 Å². The Kier molecular flexibility index (Phi) is 6.08. The zero-order chi connectivity index (χ0) is 16.2. The summed E-state index contributed by atoms with van der Waals surface area (Å²) < 4.78 is 25.5. The second kappa shape index (κ2) is 7.16. The Labute approximate surface area is 127 Å². The van der Waals surface area contributed by atoms with Gasteiger partial charge in [-0.1, -0.05) is 18.3 Å². The predicted octanol–water partition coefficient (Wildman–Crippen LogP) is 1.48. The average Bonchev–Trinajstić information content (AvgIpc) is 2.80. The number of likely N-dealkylation sites (N-methyl/N-ethyl adjacent to an activating group) is 1. The fourth-order valence-electron chi connectivity index (χ4n) is 1.61. The molecular formula is C11H19N3O5S2. The van der Waals surface area contributed by atoms with Crippen molar-refractivity contribution >= 4 is 32.0 Å². The minimum absolute atomic E-state index is 0.0776. The van der Waals surface area contributed by atoms with Crippen LogP contribution in [0.2, 0.25) is 0 Å².